The lowest BCUT2D eigenvalue weighted by molar-refractivity contribution is -0.383. The lowest BCUT2D eigenvalue weighted by atomic mass is 10.1. The van der Waals surface area contributed by atoms with Gasteiger partial charge >= 0.3 is 0 Å². The number of H-pyrrole nitrogens is 1. The summed E-state index contributed by atoms with van der Waals surface area (Å²) in [5.74, 6) is 0. The molecule has 0 radical (unpaired) electrons. The number of benzene rings is 1. The first-order valence-electron chi connectivity index (χ1n) is 4.78. The third kappa shape index (κ3) is 1.37. The van der Waals surface area contributed by atoms with E-state index in [-0.39, 0.29) is 11.1 Å². The van der Waals surface area contributed by atoms with Gasteiger partial charge in [0.05, 0.1) is 10.3 Å². The highest BCUT2D eigenvalue weighted by Crippen LogP contribution is 2.23. The Morgan fingerprint density at radius 3 is 2.56 bits per heavy atom. The molecule has 82 valence electrons. The molecular formula is C11H10N2O3. The SMILES string of the molecule is Cc1c[nH]c2c([N+](=O)[O-])ccc(C)c2c1=O. The van der Waals surface area contributed by atoms with Crippen molar-refractivity contribution in [2.75, 3.05) is 0 Å². The largest absolute Gasteiger partial charge is 0.355 e. The van der Waals surface area contributed by atoms with Crippen LogP contribution >= 0.6 is 0 Å². The van der Waals surface area contributed by atoms with Gasteiger partial charge in [-0.15, -0.1) is 0 Å². The Balaban J connectivity index is 3.03. The molecule has 0 amide bonds. The first-order chi connectivity index (χ1) is 7.52. The molecule has 1 N–H and O–H groups in total. The lowest BCUT2D eigenvalue weighted by Gasteiger charge is -2.03. The number of nitrogens with zero attached hydrogens (tertiary/aromatic N) is 1. The van der Waals surface area contributed by atoms with Crippen LogP contribution in [0.4, 0.5) is 5.69 Å². The number of rotatable bonds is 1. The van der Waals surface area contributed by atoms with E-state index in [4.69, 9.17) is 0 Å². The summed E-state index contributed by atoms with van der Waals surface area (Å²) in [6, 6.07) is 3.00. The number of hydrogen-bond acceptors (Lipinski definition) is 3. The quantitative estimate of drug-likeness (QED) is 0.587. The van der Waals surface area contributed by atoms with Crippen LogP contribution in [0.25, 0.3) is 10.9 Å². The summed E-state index contributed by atoms with van der Waals surface area (Å²) in [6.07, 6.45) is 1.50. The molecule has 0 aliphatic heterocycles. The number of aromatic amines is 1. The summed E-state index contributed by atoms with van der Waals surface area (Å²) in [4.78, 5) is 25.0. The molecule has 1 aromatic carbocycles. The topological polar surface area (TPSA) is 76.0 Å². The van der Waals surface area contributed by atoms with Crippen molar-refractivity contribution in [1.29, 1.82) is 0 Å². The van der Waals surface area contributed by atoms with E-state index in [1.165, 1.54) is 12.3 Å². The van der Waals surface area contributed by atoms with Gasteiger partial charge in [-0.05, 0) is 19.4 Å². The molecule has 16 heavy (non-hydrogen) atoms. The summed E-state index contributed by atoms with van der Waals surface area (Å²) in [6.45, 7) is 3.44. The Kier molecular flexibility index (Phi) is 2.23. The maximum absolute atomic E-state index is 11.9. The highest BCUT2D eigenvalue weighted by molar-refractivity contribution is 5.89. The molecule has 0 aliphatic carbocycles. The van der Waals surface area contributed by atoms with Gasteiger partial charge in [-0.3, -0.25) is 14.9 Å². The second-order valence-electron chi connectivity index (χ2n) is 3.71. The van der Waals surface area contributed by atoms with Crippen molar-refractivity contribution in [2.45, 2.75) is 13.8 Å². The molecule has 0 saturated heterocycles. The number of non-ortho nitro benzene ring substituents is 1. The Bertz CT molecular complexity index is 643. The van der Waals surface area contributed by atoms with Crippen LogP contribution in [0.15, 0.2) is 23.1 Å². The monoisotopic (exact) mass is 218 g/mol. The Labute approximate surface area is 90.9 Å². The fraction of sp³-hybridized carbons (Fsp3) is 0.182. The van der Waals surface area contributed by atoms with E-state index in [1.807, 2.05) is 0 Å². The predicted octanol–water partition coefficient (Wildman–Crippen LogP) is 2.05. The molecule has 0 bridgehead atoms. The normalized spacial score (nSPS) is 10.6. The molecule has 0 fully saturated rings. The highest BCUT2D eigenvalue weighted by atomic mass is 16.6. The van der Waals surface area contributed by atoms with Gasteiger partial charge in [0.1, 0.15) is 5.52 Å². The van der Waals surface area contributed by atoms with E-state index in [9.17, 15) is 14.9 Å². The van der Waals surface area contributed by atoms with E-state index >= 15 is 0 Å². The molecule has 0 saturated carbocycles. The number of fused-ring (bicyclic) bond motifs is 1. The van der Waals surface area contributed by atoms with Gasteiger partial charge < -0.3 is 4.98 Å². The minimum atomic E-state index is -0.493. The van der Waals surface area contributed by atoms with Crippen LogP contribution in [-0.4, -0.2) is 9.91 Å². The maximum atomic E-state index is 11.9. The van der Waals surface area contributed by atoms with Crippen molar-refractivity contribution in [1.82, 2.24) is 4.98 Å². The number of aryl methyl sites for hydroxylation is 2. The van der Waals surface area contributed by atoms with Crippen molar-refractivity contribution < 1.29 is 4.92 Å². The van der Waals surface area contributed by atoms with Crippen LogP contribution in [0.1, 0.15) is 11.1 Å². The Morgan fingerprint density at radius 2 is 1.94 bits per heavy atom. The minimum Gasteiger partial charge on any atom is -0.355 e. The zero-order chi connectivity index (χ0) is 11.9. The first-order valence-corrected chi connectivity index (χ1v) is 4.78. The van der Waals surface area contributed by atoms with Crippen LogP contribution in [-0.2, 0) is 0 Å². The van der Waals surface area contributed by atoms with Gasteiger partial charge in [-0.1, -0.05) is 6.07 Å². The third-order valence-electron chi connectivity index (χ3n) is 2.61. The predicted molar refractivity (Wildman–Crippen MR) is 60.7 cm³/mol. The molecule has 0 atom stereocenters. The van der Waals surface area contributed by atoms with Crippen molar-refractivity contribution in [3.8, 4) is 0 Å². The van der Waals surface area contributed by atoms with E-state index < -0.39 is 4.92 Å². The fourth-order valence-corrected chi connectivity index (χ4v) is 1.73. The zero-order valence-corrected chi connectivity index (χ0v) is 8.90. The number of pyridine rings is 1. The minimum absolute atomic E-state index is 0.0716. The van der Waals surface area contributed by atoms with Crippen molar-refractivity contribution in [2.24, 2.45) is 0 Å². The second kappa shape index (κ2) is 3.44. The molecule has 2 aromatic rings. The van der Waals surface area contributed by atoms with Crippen molar-refractivity contribution in [3.05, 3.63) is 49.8 Å². The maximum Gasteiger partial charge on any atom is 0.293 e. The van der Waals surface area contributed by atoms with E-state index in [0.29, 0.717) is 16.5 Å². The van der Waals surface area contributed by atoms with Crippen molar-refractivity contribution in [3.63, 3.8) is 0 Å². The van der Waals surface area contributed by atoms with Crippen LogP contribution in [0.3, 0.4) is 0 Å². The summed E-state index contributed by atoms with van der Waals surface area (Å²) in [5.41, 5.74) is 1.36. The number of hydrogen-bond donors (Lipinski definition) is 1. The van der Waals surface area contributed by atoms with Gasteiger partial charge in [0.2, 0.25) is 0 Å². The average molecular weight is 218 g/mol. The van der Waals surface area contributed by atoms with E-state index in [1.54, 1.807) is 19.9 Å². The van der Waals surface area contributed by atoms with Gasteiger partial charge in [-0.25, -0.2) is 0 Å². The molecule has 0 aliphatic rings. The van der Waals surface area contributed by atoms with Crippen LogP contribution in [0, 0.1) is 24.0 Å². The van der Waals surface area contributed by atoms with Gasteiger partial charge in [0.25, 0.3) is 5.69 Å². The second-order valence-corrected chi connectivity index (χ2v) is 3.71. The molecule has 1 aromatic heterocycles. The summed E-state index contributed by atoms with van der Waals surface area (Å²) in [5, 5.41) is 11.2. The summed E-state index contributed by atoms with van der Waals surface area (Å²) >= 11 is 0. The van der Waals surface area contributed by atoms with E-state index in [2.05, 4.69) is 4.98 Å². The Hall–Kier alpha value is -2.17. The third-order valence-corrected chi connectivity index (χ3v) is 2.61. The van der Waals surface area contributed by atoms with Gasteiger partial charge in [0.15, 0.2) is 5.43 Å². The molecule has 0 spiro atoms. The highest BCUT2D eigenvalue weighted by Gasteiger charge is 2.15. The lowest BCUT2D eigenvalue weighted by Crippen LogP contribution is -2.08. The molecule has 0 unspecified atom stereocenters. The van der Waals surface area contributed by atoms with Crippen LogP contribution in [0.5, 0.6) is 0 Å². The number of nitrogens with one attached hydrogen (secondary N) is 1. The Morgan fingerprint density at radius 1 is 1.25 bits per heavy atom. The first kappa shape index (κ1) is 10.4. The molecular weight excluding hydrogens is 208 g/mol. The molecule has 2 rings (SSSR count). The number of aromatic nitrogens is 1. The molecule has 1 heterocycles. The smallest absolute Gasteiger partial charge is 0.293 e. The summed E-state index contributed by atoms with van der Waals surface area (Å²) in [7, 11) is 0. The zero-order valence-electron chi connectivity index (χ0n) is 8.90. The number of nitro benzene ring substituents is 1. The van der Waals surface area contributed by atoms with Crippen LogP contribution in [0.2, 0.25) is 0 Å². The standard InChI is InChI=1S/C11H10N2O3/c1-6-3-4-8(13(15)16)10-9(6)11(14)7(2)5-12-10/h3-5H,1-2H3,(H,12,14). The van der Waals surface area contributed by atoms with Gasteiger partial charge in [0, 0.05) is 17.8 Å². The van der Waals surface area contributed by atoms with Crippen LogP contribution < -0.4 is 5.43 Å². The molecule has 5 heteroatoms. The summed E-state index contributed by atoms with van der Waals surface area (Å²) < 4.78 is 0. The fourth-order valence-electron chi connectivity index (χ4n) is 1.73. The van der Waals surface area contributed by atoms with Crippen molar-refractivity contribution >= 4 is 16.6 Å². The van der Waals surface area contributed by atoms with E-state index in [0.717, 1.165) is 5.56 Å². The molecule has 5 nitrogen and oxygen atoms in total. The number of nitro groups is 1. The van der Waals surface area contributed by atoms with Gasteiger partial charge in [-0.2, -0.15) is 0 Å². The average Bonchev–Trinajstić information content (AvgIpc) is 2.23.